The maximum absolute atomic E-state index is 13.1. The third-order valence-corrected chi connectivity index (χ3v) is 5.29. The highest BCUT2D eigenvalue weighted by molar-refractivity contribution is 5.99. The van der Waals surface area contributed by atoms with Gasteiger partial charge < -0.3 is 19.9 Å². The van der Waals surface area contributed by atoms with Crippen LogP contribution in [-0.4, -0.2) is 47.2 Å². The quantitative estimate of drug-likeness (QED) is 0.537. The van der Waals surface area contributed by atoms with Gasteiger partial charge in [-0.2, -0.15) is 0 Å². The van der Waals surface area contributed by atoms with Crippen molar-refractivity contribution in [2.45, 2.75) is 18.4 Å². The summed E-state index contributed by atoms with van der Waals surface area (Å²) in [7, 11) is 0. The van der Waals surface area contributed by atoms with Gasteiger partial charge in [-0.25, -0.2) is 18.2 Å². The van der Waals surface area contributed by atoms with Crippen molar-refractivity contribution in [3.8, 4) is 17.0 Å². The first-order chi connectivity index (χ1) is 15.9. The molecule has 172 valence electrons. The van der Waals surface area contributed by atoms with Crippen molar-refractivity contribution in [2.75, 3.05) is 25.1 Å². The van der Waals surface area contributed by atoms with Crippen LogP contribution in [0, 0.1) is 5.82 Å². The summed E-state index contributed by atoms with van der Waals surface area (Å²) in [6.45, 7) is -0.863. The van der Waals surface area contributed by atoms with Crippen molar-refractivity contribution >= 4 is 11.6 Å². The minimum Gasteiger partial charge on any atom is -0.472 e. The lowest BCUT2D eigenvalue weighted by atomic mass is 9.80. The van der Waals surface area contributed by atoms with Gasteiger partial charge in [0.05, 0.1) is 25.5 Å². The Morgan fingerprint density at radius 3 is 2.48 bits per heavy atom. The van der Waals surface area contributed by atoms with Crippen molar-refractivity contribution in [1.82, 2.24) is 9.97 Å². The van der Waals surface area contributed by atoms with E-state index in [4.69, 9.17) is 9.47 Å². The SMILES string of the molecule is O=C(Nc1ccc(F)cc1)C1(c2ccc(-c3cnc(OCC(F)F)cc3CO)cn2)COC1. The fourth-order valence-corrected chi connectivity index (χ4v) is 3.41. The number of rotatable bonds is 8. The van der Waals surface area contributed by atoms with Gasteiger partial charge in [0, 0.05) is 35.3 Å². The van der Waals surface area contributed by atoms with Crippen LogP contribution in [0.15, 0.2) is 54.9 Å². The molecule has 1 aliphatic heterocycles. The number of halogens is 3. The molecule has 0 radical (unpaired) electrons. The third kappa shape index (κ3) is 4.81. The standard InChI is InChI=1S/C23H20F3N3O4/c24-16-2-4-17(5-3-16)29-22(31)23(12-32-13-23)19-6-1-14(8-27-19)18-9-28-21(7-15(18)10-30)33-11-20(25)26/h1-9,20,30H,10-13H2,(H,29,31). The normalized spacial score (nSPS) is 14.6. The van der Waals surface area contributed by atoms with Gasteiger partial charge in [0.1, 0.15) is 11.2 Å². The monoisotopic (exact) mass is 459 g/mol. The molecule has 2 N–H and O–H groups in total. The van der Waals surface area contributed by atoms with Crippen LogP contribution >= 0.6 is 0 Å². The summed E-state index contributed by atoms with van der Waals surface area (Å²) < 4.78 is 48.0. The van der Waals surface area contributed by atoms with Gasteiger partial charge in [0.25, 0.3) is 6.43 Å². The van der Waals surface area contributed by atoms with E-state index in [9.17, 15) is 23.1 Å². The number of aliphatic hydroxyl groups is 1. The largest absolute Gasteiger partial charge is 0.472 e. The van der Waals surface area contributed by atoms with Crippen LogP contribution in [0.25, 0.3) is 11.1 Å². The second kappa shape index (κ2) is 9.55. The van der Waals surface area contributed by atoms with E-state index < -0.39 is 24.3 Å². The molecule has 0 spiro atoms. The highest BCUT2D eigenvalue weighted by Crippen LogP contribution is 2.34. The van der Waals surface area contributed by atoms with Crippen LogP contribution in [0.1, 0.15) is 11.3 Å². The Hall–Kier alpha value is -3.50. The first kappa shape index (κ1) is 22.7. The van der Waals surface area contributed by atoms with E-state index in [0.29, 0.717) is 28.1 Å². The molecule has 0 bridgehead atoms. The average Bonchev–Trinajstić information content (AvgIpc) is 2.79. The number of anilines is 1. The summed E-state index contributed by atoms with van der Waals surface area (Å²) in [6.07, 6.45) is 0.312. The molecular formula is C23H20F3N3O4. The number of pyridine rings is 2. The zero-order valence-electron chi connectivity index (χ0n) is 17.3. The number of nitrogens with zero attached hydrogens (tertiary/aromatic N) is 2. The average molecular weight is 459 g/mol. The van der Waals surface area contributed by atoms with Gasteiger partial charge in [0.2, 0.25) is 11.8 Å². The smallest absolute Gasteiger partial charge is 0.272 e. The Balaban J connectivity index is 1.54. The lowest BCUT2D eigenvalue weighted by Gasteiger charge is -2.39. The number of hydrogen-bond acceptors (Lipinski definition) is 6. The number of nitrogens with one attached hydrogen (secondary N) is 1. The van der Waals surface area contributed by atoms with Crippen molar-refractivity contribution < 1.29 is 32.5 Å². The van der Waals surface area contributed by atoms with Crippen LogP contribution in [-0.2, 0) is 21.6 Å². The molecular weight excluding hydrogens is 439 g/mol. The lowest BCUT2D eigenvalue weighted by molar-refractivity contribution is -0.140. The summed E-state index contributed by atoms with van der Waals surface area (Å²) in [4.78, 5) is 21.4. The predicted molar refractivity (Wildman–Crippen MR) is 112 cm³/mol. The van der Waals surface area contributed by atoms with Gasteiger partial charge in [-0.15, -0.1) is 0 Å². The van der Waals surface area contributed by atoms with Crippen molar-refractivity contribution in [3.05, 3.63) is 71.9 Å². The molecule has 0 aliphatic carbocycles. The molecule has 1 aromatic carbocycles. The van der Waals surface area contributed by atoms with Gasteiger partial charge >= 0.3 is 0 Å². The minimum absolute atomic E-state index is 0.0179. The van der Waals surface area contributed by atoms with Crippen molar-refractivity contribution in [1.29, 1.82) is 0 Å². The fourth-order valence-electron chi connectivity index (χ4n) is 3.41. The predicted octanol–water partition coefficient (Wildman–Crippen LogP) is 3.33. The van der Waals surface area contributed by atoms with Gasteiger partial charge in [-0.1, -0.05) is 6.07 Å². The minimum atomic E-state index is -2.64. The van der Waals surface area contributed by atoms with E-state index in [1.54, 1.807) is 12.1 Å². The molecule has 2 aromatic heterocycles. The highest BCUT2D eigenvalue weighted by Gasteiger charge is 2.48. The Morgan fingerprint density at radius 1 is 1.15 bits per heavy atom. The molecule has 33 heavy (non-hydrogen) atoms. The van der Waals surface area contributed by atoms with Crippen molar-refractivity contribution in [2.24, 2.45) is 0 Å². The summed E-state index contributed by atoms with van der Waals surface area (Å²) >= 11 is 0. The molecule has 7 nitrogen and oxygen atoms in total. The van der Waals surface area contributed by atoms with E-state index in [-0.39, 0.29) is 31.6 Å². The third-order valence-electron chi connectivity index (χ3n) is 5.29. The Bertz CT molecular complexity index is 1120. The van der Waals surface area contributed by atoms with Gasteiger partial charge in [0.15, 0.2) is 6.61 Å². The number of amides is 1. The molecule has 1 aliphatic rings. The highest BCUT2D eigenvalue weighted by atomic mass is 19.3. The van der Waals surface area contributed by atoms with E-state index in [2.05, 4.69) is 15.3 Å². The van der Waals surface area contributed by atoms with E-state index in [1.165, 1.54) is 42.7 Å². The molecule has 0 atom stereocenters. The number of carbonyl (C=O) groups is 1. The van der Waals surface area contributed by atoms with Gasteiger partial charge in [-0.3, -0.25) is 9.78 Å². The van der Waals surface area contributed by atoms with E-state index in [0.717, 1.165) is 0 Å². The Kier molecular flexibility index (Phi) is 6.57. The number of benzene rings is 1. The molecule has 3 aromatic rings. The number of ether oxygens (including phenoxy) is 2. The number of aliphatic hydroxyl groups excluding tert-OH is 1. The topological polar surface area (TPSA) is 93.6 Å². The van der Waals surface area contributed by atoms with Crippen LogP contribution in [0.2, 0.25) is 0 Å². The lowest BCUT2D eigenvalue weighted by Crippen LogP contribution is -2.56. The van der Waals surface area contributed by atoms with Crippen LogP contribution in [0.4, 0.5) is 18.9 Å². The molecule has 3 heterocycles. The number of carbonyl (C=O) groups excluding carboxylic acids is 1. The summed E-state index contributed by atoms with van der Waals surface area (Å²) in [6, 6.07) is 10.2. The molecule has 0 saturated carbocycles. The fraction of sp³-hybridized carbons (Fsp3) is 0.261. The first-order valence-electron chi connectivity index (χ1n) is 10.0. The Labute approximate surface area is 187 Å². The first-order valence-corrected chi connectivity index (χ1v) is 10.0. The number of hydrogen-bond donors (Lipinski definition) is 2. The second-order valence-electron chi connectivity index (χ2n) is 7.51. The summed E-state index contributed by atoms with van der Waals surface area (Å²) in [5.41, 5.74) is 1.56. The molecule has 1 saturated heterocycles. The van der Waals surface area contributed by atoms with Crippen molar-refractivity contribution in [3.63, 3.8) is 0 Å². The molecule has 1 amide bonds. The Morgan fingerprint density at radius 2 is 1.91 bits per heavy atom. The summed E-state index contributed by atoms with van der Waals surface area (Å²) in [5, 5.41) is 12.5. The maximum Gasteiger partial charge on any atom is 0.272 e. The van der Waals surface area contributed by atoms with E-state index >= 15 is 0 Å². The van der Waals surface area contributed by atoms with Crippen LogP contribution in [0.5, 0.6) is 5.88 Å². The zero-order chi connectivity index (χ0) is 23.4. The molecule has 4 rings (SSSR count). The number of alkyl halides is 2. The second-order valence-corrected chi connectivity index (χ2v) is 7.51. The zero-order valence-corrected chi connectivity index (χ0v) is 17.3. The van der Waals surface area contributed by atoms with Crippen LogP contribution in [0.3, 0.4) is 0 Å². The van der Waals surface area contributed by atoms with Crippen LogP contribution < -0.4 is 10.1 Å². The van der Waals surface area contributed by atoms with Gasteiger partial charge in [-0.05, 0) is 35.9 Å². The summed E-state index contributed by atoms with van der Waals surface area (Å²) in [5.74, 6) is -0.744. The number of aromatic nitrogens is 2. The molecule has 0 unspecified atom stereocenters. The molecule has 1 fully saturated rings. The maximum atomic E-state index is 13.1. The van der Waals surface area contributed by atoms with E-state index in [1.807, 2.05) is 0 Å². The molecule has 10 heteroatoms.